The second-order valence-corrected chi connectivity index (χ2v) is 9.07. The maximum Gasteiger partial charge on any atom is 0.191 e. The Balaban J connectivity index is 1.61. The van der Waals surface area contributed by atoms with Gasteiger partial charge in [0.15, 0.2) is 5.96 Å². The third kappa shape index (κ3) is 6.72. The molecule has 1 unspecified atom stereocenters. The van der Waals surface area contributed by atoms with Gasteiger partial charge in [-0.25, -0.2) is 0 Å². The van der Waals surface area contributed by atoms with E-state index in [0.29, 0.717) is 6.04 Å². The van der Waals surface area contributed by atoms with Crippen LogP contribution in [0.15, 0.2) is 28.8 Å². The summed E-state index contributed by atoms with van der Waals surface area (Å²) in [7, 11) is 0. The molecule has 0 radical (unpaired) electrons. The molecule has 2 aromatic heterocycles. The molecular formula is C20H33N7S2. The Morgan fingerprint density at radius 1 is 1.31 bits per heavy atom. The Morgan fingerprint density at radius 2 is 2.14 bits per heavy atom. The van der Waals surface area contributed by atoms with Crippen LogP contribution in [0.2, 0.25) is 0 Å². The van der Waals surface area contributed by atoms with Gasteiger partial charge in [-0.05, 0) is 43.6 Å². The molecule has 0 bridgehead atoms. The number of rotatable bonds is 11. The smallest absolute Gasteiger partial charge is 0.191 e. The van der Waals surface area contributed by atoms with E-state index < -0.39 is 0 Å². The zero-order chi connectivity index (χ0) is 20.3. The van der Waals surface area contributed by atoms with E-state index in [-0.39, 0.29) is 0 Å². The summed E-state index contributed by atoms with van der Waals surface area (Å²) in [5, 5.41) is 17.3. The summed E-state index contributed by atoms with van der Waals surface area (Å²) in [4.78, 5) is 8.96. The molecular weight excluding hydrogens is 402 g/mol. The Labute approximate surface area is 182 Å². The van der Waals surface area contributed by atoms with Crippen LogP contribution in [0, 0.1) is 0 Å². The van der Waals surface area contributed by atoms with Gasteiger partial charge < -0.3 is 15.2 Å². The van der Waals surface area contributed by atoms with E-state index in [1.807, 2.05) is 23.1 Å². The molecule has 3 rings (SSSR count). The highest BCUT2D eigenvalue weighted by Gasteiger charge is 2.24. The largest absolute Gasteiger partial charge is 0.356 e. The van der Waals surface area contributed by atoms with Crippen LogP contribution in [-0.4, -0.2) is 70.4 Å². The number of guanidine groups is 1. The monoisotopic (exact) mass is 435 g/mol. The van der Waals surface area contributed by atoms with Crippen molar-refractivity contribution in [2.75, 3.05) is 44.7 Å². The second kappa shape index (κ2) is 12.2. The van der Waals surface area contributed by atoms with Crippen LogP contribution in [0.3, 0.4) is 0 Å². The molecule has 1 aliphatic rings. The van der Waals surface area contributed by atoms with Crippen molar-refractivity contribution in [2.24, 2.45) is 4.99 Å². The van der Waals surface area contributed by atoms with Gasteiger partial charge in [-0.2, -0.15) is 11.8 Å². The Bertz CT molecular complexity index is 723. The molecule has 160 valence electrons. The van der Waals surface area contributed by atoms with Crippen LogP contribution >= 0.6 is 23.1 Å². The molecule has 29 heavy (non-hydrogen) atoms. The molecule has 7 nitrogen and oxygen atoms in total. The fraction of sp³-hybridized carbons (Fsp3) is 0.650. The van der Waals surface area contributed by atoms with Gasteiger partial charge in [-0.3, -0.25) is 9.89 Å². The normalized spacial score (nSPS) is 16.3. The fourth-order valence-electron chi connectivity index (χ4n) is 3.58. The molecule has 9 heteroatoms. The molecule has 1 aliphatic heterocycles. The molecule has 0 saturated carbocycles. The maximum atomic E-state index is 4.97. The van der Waals surface area contributed by atoms with E-state index in [4.69, 9.17) is 4.99 Å². The number of likely N-dealkylation sites (tertiary alicyclic amines) is 1. The van der Waals surface area contributed by atoms with Gasteiger partial charge in [0.25, 0.3) is 0 Å². The zero-order valence-electron chi connectivity index (χ0n) is 17.5. The van der Waals surface area contributed by atoms with E-state index in [0.717, 1.165) is 50.1 Å². The Morgan fingerprint density at radius 3 is 2.86 bits per heavy atom. The highest BCUT2D eigenvalue weighted by molar-refractivity contribution is 7.98. The van der Waals surface area contributed by atoms with Crippen molar-refractivity contribution in [2.45, 2.75) is 38.8 Å². The minimum atomic E-state index is 0.376. The SMILES string of the molecule is CCc1nncn1CCNC(=NCC(c1cccs1)N1CCCC1)NCCSC. The van der Waals surface area contributed by atoms with Gasteiger partial charge >= 0.3 is 0 Å². The van der Waals surface area contributed by atoms with Crippen LogP contribution < -0.4 is 10.6 Å². The number of nitrogens with one attached hydrogen (secondary N) is 2. The first-order valence-electron chi connectivity index (χ1n) is 10.5. The van der Waals surface area contributed by atoms with Gasteiger partial charge in [-0.15, -0.1) is 21.5 Å². The molecule has 0 amide bonds. The van der Waals surface area contributed by atoms with Crippen LogP contribution in [0.25, 0.3) is 0 Å². The molecule has 1 saturated heterocycles. The van der Waals surface area contributed by atoms with Crippen molar-refractivity contribution in [3.05, 3.63) is 34.5 Å². The first-order valence-corrected chi connectivity index (χ1v) is 12.7. The van der Waals surface area contributed by atoms with Gasteiger partial charge in [-0.1, -0.05) is 13.0 Å². The van der Waals surface area contributed by atoms with Crippen LogP contribution in [-0.2, 0) is 13.0 Å². The lowest BCUT2D eigenvalue weighted by Crippen LogP contribution is -2.40. The topological polar surface area (TPSA) is 70.4 Å². The first-order chi connectivity index (χ1) is 14.3. The van der Waals surface area contributed by atoms with Crippen molar-refractivity contribution in [3.8, 4) is 0 Å². The van der Waals surface area contributed by atoms with E-state index in [1.165, 1.54) is 30.8 Å². The lowest BCUT2D eigenvalue weighted by molar-refractivity contribution is 0.255. The Kier molecular flexibility index (Phi) is 9.30. The highest BCUT2D eigenvalue weighted by Crippen LogP contribution is 2.28. The number of thioether (sulfide) groups is 1. The molecule has 0 spiro atoms. The maximum absolute atomic E-state index is 4.97. The number of aromatic nitrogens is 3. The van der Waals surface area contributed by atoms with E-state index >= 15 is 0 Å². The van der Waals surface area contributed by atoms with Gasteiger partial charge in [0, 0.05) is 36.7 Å². The van der Waals surface area contributed by atoms with Crippen molar-refractivity contribution < 1.29 is 0 Å². The number of aryl methyl sites for hydroxylation is 1. The highest BCUT2D eigenvalue weighted by atomic mass is 32.2. The predicted molar refractivity (Wildman–Crippen MR) is 124 cm³/mol. The molecule has 3 heterocycles. The third-order valence-corrected chi connectivity index (χ3v) is 6.72. The van der Waals surface area contributed by atoms with Crippen molar-refractivity contribution in [3.63, 3.8) is 0 Å². The zero-order valence-corrected chi connectivity index (χ0v) is 19.1. The van der Waals surface area contributed by atoms with Crippen molar-refractivity contribution in [1.82, 2.24) is 30.3 Å². The fourth-order valence-corrected chi connectivity index (χ4v) is 4.74. The minimum Gasteiger partial charge on any atom is -0.356 e. The molecule has 0 aliphatic carbocycles. The quantitative estimate of drug-likeness (QED) is 0.321. The summed E-state index contributed by atoms with van der Waals surface area (Å²) < 4.78 is 2.10. The Hall–Kier alpha value is -1.58. The van der Waals surface area contributed by atoms with E-state index in [9.17, 15) is 0 Å². The van der Waals surface area contributed by atoms with E-state index in [1.54, 1.807) is 6.33 Å². The van der Waals surface area contributed by atoms with E-state index in [2.05, 4.69) is 61.0 Å². The lowest BCUT2D eigenvalue weighted by Gasteiger charge is -2.25. The molecule has 2 aromatic rings. The average molecular weight is 436 g/mol. The average Bonchev–Trinajstić information content (AvgIpc) is 3.50. The second-order valence-electron chi connectivity index (χ2n) is 7.10. The summed E-state index contributed by atoms with van der Waals surface area (Å²) in [6, 6.07) is 4.77. The number of hydrogen-bond donors (Lipinski definition) is 2. The van der Waals surface area contributed by atoms with Crippen LogP contribution in [0.1, 0.15) is 36.5 Å². The predicted octanol–water partition coefficient (Wildman–Crippen LogP) is 2.64. The summed E-state index contributed by atoms with van der Waals surface area (Å²) in [6.45, 7) is 7.77. The van der Waals surface area contributed by atoms with Crippen molar-refractivity contribution in [1.29, 1.82) is 0 Å². The molecule has 0 aromatic carbocycles. The molecule has 1 atom stereocenters. The number of thiophene rings is 1. The summed E-state index contributed by atoms with van der Waals surface area (Å²) in [5.74, 6) is 2.98. The molecule has 2 N–H and O–H groups in total. The van der Waals surface area contributed by atoms with Crippen molar-refractivity contribution >= 4 is 29.1 Å². The van der Waals surface area contributed by atoms with Gasteiger partial charge in [0.2, 0.25) is 0 Å². The number of aliphatic imine (C=N–C) groups is 1. The van der Waals surface area contributed by atoms with Crippen LogP contribution in [0.5, 0.6) is 0 Å². The lowest BCUT2D eigenvalue weighted by atomic mass is 10.2. The van der Waals surface area contributed by atoms with Gasteiger partial charge in [0.1, 0.15) is 12.2 Å². The summed E-state index contributed by atoms with van der Waals surface area (Å²) in [6.07, 6.45) is 7.41. The number of hydrogen-bond acceptors (Lipinski definition) is 6. The minimum absolute atomic E-state index is 0.376. The summed E-state index contributed by atoms with van der Waals surface area (Å²) in [5.41, 5.74) is 0. The van der Waals surface area contributed by atoms with Gasteiger partial charge in [0.05, 0.1) is 12.6 Å². The number of nitrogens with zero attached hydrogens (tertiary/aromatic N) is 5. The molecule has 1 fully saturated rings. The summed E-state index contributed by atoms with van der Waals surface area (Å²) >= 11 is 3.68. The third-order valence-electron chi connectivity index (χ3n) is 5.13. The van der Waals surface area contributed by atoms with Crippen LogP contribution in [0.4, 0.5) is 0 Å². The standard InChI is InChI=1S/C20H33N7S2/c1-3-19-25-24-16-27(19)12-8-21-20(22-9-14-28-2)23-15-17(18-7-6-13-29-18)26-10-4-5-11-26/h6-7,13,16-17H,3-5,8-12,14-15H2,1-2H3,(H2,21,22,23). The first kappa shape index (κ1) is 22.1.